The van der Waals surface area contributed by atoms with Gasteiger partial charge in [-0.05, 0) is 31.7 Å². The van der Waals surface area contributed by atoms with Gasteiger partial charge in [0, 0.05) is 0 Å². The Hall–Kier alpha value is -1.54. The number of halogens is 1. The number of hydrogen-bond acceptors (Lipinski definition) is 2. The van der Waals surface area contributed by atoms with Crippen LogP contribution < -0.4 is 4.90 Å². The molecule has 1 fully saturated rings. The van der Waals surface area contributed by atoms with Gasteiger partial charge >= 0.3 is 0 Å². The van der Waals surface area contributed by atoms with E-state index in [2.05, 4.69) is 42.6 Å². The normalized spacial score (nSPS) is 18.9. The van der Waals surface area contributed by atoms with Crippen molar-refractivity contribution in [3.05, 3.63) is 52.5 Å². The SMILES string of the molecule is C=NC=C1/C(=C\CC)N1c1c(C)cccc1Cl. The monoisotopic (exact) mass is 246 g/mol. The minimum Gasteiger partial charge on any atom is -0.303 e. The molecule has 2 nitrogen and oxygen atoms in total. The Bertz CT molecular complexity index is 495. The fraction of sp³-hybridized carbons (Fsp3) is 0.214. The number of para-hydroxylation sites is 1. The summed E-state index contributed by atoms with van der Waals surface area (Å²) in [6.07, 6.45) is 4.92. The van der Waals surface area contributed by atoms with Crippen molar-refractivity contribution >= 4 is 24.0 Å². The van der Waals surface area contributed by atoms with E-state index in [0.717, 1.165) is 28.4 Å². The van der Waals surface area contributed by atoms with Crippen molar-refractivity contribution in [2.24, 2.45) is 4.99 Å². The lowest BCUT2D eigenvalue weighted by Gasteiger charge is -2.08. The van der Waals surface area contributed by atoms with E-state index in [1.54, 1.807) is 6.20 Å². The zero-order valence-corrected chi connectivity index (χ0v) is 10.8. The van der Waals surface area contributed by atoms with Gasteiger partial charge in [0.15, 0.2) is 0 Å². The number of aliphatic imine (C=N–C) groups is 1. The highest BCUT2D eigenvalue weighted by Gasteiger charge is 2.36. The lowest BCUT2D eigenvalue weighted by atomic mass is 10.2. The standard InChI is InChI=1S/C14H15ClN2/c1-4-6-12-13(9-16-3)17(12)14-10(2)7-5-8-11(14)15/h5-9H,3-4H2,1-2H3/b12-6+,13-9?. The highest BCUT2D eigenvalue weighted by Crippen LogP contribution is 2.47. The van der Waals surface area contributed by atoms with Crippen molar-refractivity contribution in [1.29, 1.82) is 0 Å². The van der Waals surface area contributed by atoms with Gasteiger partial charge in [-0.15, -0.1) is 0 Å². The van der Waals surface area contributed by atoms with E-state index >= 15 is 0 Å². The first-order chi connectivity index (χ1) is 8.20. The molecule has 1 aliphatic heterocycles. The van der Waals surface area contributed by atoms with Gasteiger partial charge < -0.3 is 4.90 Å². The third-order valence-corrected chi connectivity index (χ3v) is 3.02. The summed E-state index contributed by atoms with van der Waals surface area (Å²) in [4.78, 5) is 5.95. The third kappa shape index (κ3) is 2.13. The number of benzene rings is 1. The fourth-order valence-electron chi connectivity index (χ4n) is 1.94. The molecule has 2 rings (SSSR count). The van der Waals surface area contributed by atoms with Crippen LogP contribution in [0.25, 0.3) is 0 Å². The molecule has 3 heteroatoms. The van der Waals surface area contributed by atoms with Crippen LogP contribution in [0.3, 0.4) is 0 Å². The Balaban J connectivity index is 2.45. The van der Waals surface area contributed by atoms with Crippen LogP contribution in [-0.4, -0.2) is 6.72 Å². The van der Waals surface area contributed by atoms with Crippen molar-refractivity contribution in [2.75, 3.05) is 4.90 Å². The Morgan fingerprint density at radius 1 is 1.41 bits per heavy atom. The molecule has 1 saturated heterocycles. The second-order valence-electron chi connectivity index (χ2n) is 3.94. The first-order valence-electron chi connectivity index (χ1n) is 5.62. The predicted molar refractivity (Wildman–Crippen MR) is 74.7 cm³/mol. The van der Waals surface area contributed by atoms with Crippen LogP contribution in [0.5, 0.6) is 0 Å². The van der Waals surface area contributed by atoms with Gasteiger partial charge in [0.2, 0.25) is 0 Å². The molecule has 0 aliphatic carbocycles. The molecule has 0 saturated carbocycles. The van der Waals surface area contributed by atoms with Crippen LogP contribution in [-0.2, 0) is 0 Å². The highest BCUT2D eigenvalue weighted by molar-refractivity contribution is 6.33. The molecule has 0 radical (unpaired) electrons. The van der Waals surface area contributed by atoms with Crippen LogP contribution >= 0.6 is 11.6 Å². The maximum Gasteiger partial charge on any atom is 0.0885 e. The second kappa shape index (κ2) is 4.76. The Morgan fingerprint density at radius 3 is 2.76 bits per heavy atom. The maximum absolute atomic E-state index is 6.25. The molecule has 0 amide bonds. The summed E-state index contributed by atoms with van der Waals surface area (Å²) in [5.74, 6) is 0. The average Bonchev–Trinajstić information content (AvgIpc) is 2.93. The van der Waals surface area contributed by atoms with Gasteiger partial charge in [-0.3, -0.25) is 4.99 Å². The van der Waals surface area contributed by atoms with Crippen LogP contribution in [0, 0.1) is 6.92 Å². The van der Waals surface area contributed by atoms with Gasteiger partial charge in [0.1, 0.15) is 0 Å². The number of aryl methyl sites for hydroxylation is 1. The van der Waals surface area contributed by atoms with Crippen molar-refractivity contribution in [1.82, 2.24) is 0 Å². The van der Waals surface area contributed by atoms with E-state index in [-0.39, 0.29) is 0 Å². The first kappa shape index (κ1) is 11.9. The summed E-state index contributed by atoms with van der Waals surface area (Å²) in [6.45, 7) is 7.67. The number of allylic oxidation sites excluding steroid dienone is 1. The molecule has 1 aromatic rings. The van der Waals surface area contributed by atoms with E-state index in [1.165, 1.54) is 5.70 Å². The molecule has 0 atom stereocenters. The first-order valence-corrected chi connectivity index (χ1v) is 6.00. The minimum atomic E-state index is 0.763. The maximum atomic E-state index is 6.25. The number of nitrogens with zero attached hydrogens (tertiary/aromatic N) is 2. The summed E-state index contributed by atoms with van der Waals surface area (Å²) >= 11 is 6.25. The summed E-state index contributed by atoms with van der Waals surface area (Å²) in [7, 11) is 0. The molecule has 0 bridgehead atoms. The zero-order chi connectivity index (χ0) is 12.4. The number of rotatable bonds is 3. The number of hydrogen-bond donors (Lipinski definition) is 0. The van der Waals surface area contributed by atoms with Gasteiger partial charge in [-0.1, -0.05) is 36.7 Å². The molecule has 0 N–H and O–H groups in total. The van der Waals surface area contributed by atoms with E-state index in [4.69, 9.17) is 11.6 Å². The lowest BCUT2D eigenvalue weighted by Crippen LogP contribution is -1.93. The zero-order valence-electron chi connectivity index (χ0n) is 10.1. The van der Waals surface area contributed by atoms with Gasteiger partial charge in [0.25, 0.3) is 0 Å². The van der Waals surface area contributed by atoms with E-state index in [0.29, 0.717) is 0 Å². The second-order valence-corrected chi connectivity index (χ2v) is 4.34. The summed E-state index contributed by atoms with van der Waals surface area (Å²) in [5, 5.41) is 0.763. The summed E-state index contributed by atoms with van der Waals surface area (Å²) in [6, 6.07) is 5.93. The van der Waals surface area contributed by atoms with Crippen molar-refractivity contribution < 1.29 is 0 Å². The van der Waals surface area contributed by atoms with E-state index in [9.17, 15) is 0 Å². The quantitative estimate of drug-likeness (QED) is 0.573. The Morgan fingerprint density at radius 2 is 2.18 bits per heavy atom. The smallest absolute Gasteiger partial charge is 0.0885 e. The molecular formula is C14H15ClN2. The Labute approximate surface area is 107 Å². The largest absolute Gasteiger partial charge is 0.303 e. The molecule has 0 unspecified atom stereocenters. The van der Waals surface area contributed by atoms with Crippen LogP contribution in [0.1, 0.15) is 18.9 Å². The van der Waals surface area contributed by atoms with Gasteiger partial charge in [-0.25, -0.2) is 0 Å². The average molecular weight is 247 g/mol. The molecule has 1 heterocycles. The molecule has 1 aliphatic rings. The van der Waals surface area contributed by atoms with Gasteiger partial charge in [0.05, 0.1) is 28.3 Å². The van der Waals surface area contributed by atoms with Crippen molar-refractivity contribution in [3.8, 4) is 0 Å². The summed E-state index contributed by atoms with van der Waals surface area (Å²) in [5.41, 5.74) is 4.46. The highest BCUT2D eigenvalue weighted by atomic mass is 35.5. The lowest BCUT2D eigenvalue weighted by molar-refractivity contribution is 1.21. The van der Waals surface area contributed by atoms with Gasteiger partial charge in [-0.2, -0.15) is 0 Å². The molecule has 1 aromatic carbocycles. The van der Waals surface area contributed by atoms with Crippen LogP contribution in [0.4, 0.5) is 5.69 Å². The number of anilines is 1. The molecule has 0 aromatic heterocycles. The Kier molecular flexibility index (Phi) is 3.34. The molecule has 17 heavy (non-hydrogen) atoms. The fourth-order valence-corrected chi connectivity index (χ4v) is 2.24. The minimum absolute atomic E-state index is 0.763. The van der Waals surface area contributed by atoms with Crippen molar-refractivity contribution in [2.45, 2.75) is 20.3 Å². The van der Waals surface area contributed by atoms with E-state index < -0.39 is 0 Å². The summed E-state index contributed by atoms with van der Waals surface area (Å²) < 4.78 is 0. The topological polar surface area (TPSA) is 15.4 Å². The molecule has 0 spiro atoms. The van der Waals surface area contributed by atoms with Crippen LogP contribution in [0.2, 0.25) is 5.02 Å². The third-order valence-electron chi connectivity index (χ3n) is 2.72. The van der Waals surface area contributed by atoms with E-state index in [1.807, 2.05) is 12.1 Å². The van der Waals surface area contributed by atoms with Crippen LogP contribution in [0.15, 0.2) is 46.9 Å². The molecular weight excluding hydrogens is 232 g/mol. The predicted octanol–water partition coefficient (Wildman–Crippen LogP) is 4.30. The van der Waals surface area contributed by atoms with Crippen molar-refractivity contribution in [3.63, 3.8) is 0 Å². The molecule has 88 valence electrons.